The molecule has 0 unspecified atom stereocenters. The Morgan fingerprint density at radius 3 is 2.71 bits per heavy atom. The van der Waals surface area contributed by atoms with Gasteiger partial charge in [0, 0.05) is 0 Å². The predicted octanol–water partition coefficient (Wildman–Crippen LogP) is 2.51. The molecule has 0 aromatic heterocycles. The number of aliphatic hydroxyl groups is 1. The Morgan fingerprint density at radius 1 is 1.47 bits per heavy atom. The van der Waals surface area contributed by atoms with Crippen LogP contribution in [0.25, 0.3) is 0 Å². The van der Waals surface area contributed by atoms with E-state index in [0.717, 1.165) is 18.4 Å². The molecule has 4 heteroatoms. The maximum absolute atomic E-state index is 10.1. The molecule has 1 aromatic carbocycles. The van der Waals surface area contributed by atoms with Crippen molar-refractivity contribution in [2.75, 3.05) is 7.11 Å². The molecule has 1 aliphatic rings. The third-order valence-corrected chi connectivity index (χ3v) is 3.87. The minimum Gasteiger partial charge on any atom is -0.495 e. The molecule has 94 valence electrons. The average molecular weight is 256 g/mol. The molecule has 1 aromatic rings. The zero-order valence-electron chi connectivity index (χ0n) is 9.90. The van der Waals surface area contributed by atoms with Gasteiger partial charge in [0.1, 0.15) is 5.75 Å². The molecule has 2 atom stereocenters. The number of nitrogens with two attached hydrogens (primary N) is 1. The van der Waals surface area contributed by atoms with Crippen LogP contribution in [0.15, 0.2) is 18.2 Å². The molecule has 1 saturated carbocycles. The number of ether oxygens (including phenoxy) is 1. The molecule has 0 amide bonds. The number of hydrogen-bond donors (Lipinski definition) is 2. The zero-order valence-corrected chi connectivity index (χ0v) is 10.7. The average Bonchev–Trinajstić information content (AvgIpc) is 2.26. The molecule has 0 heterocycles. The first-order valence-corrected chi connectivity index (χ1v) is 6.28. The molecular weight excluding hydrogens is 238 g/mol. The summed E-state index contributed by atoms with van der Waals surface area (Å²) in [5.74, 6) is 0.937. The summed E-state index contributed by atoms with van der Waals surface area (Å²) in [5.41, 5.74) is 6.94. The second-order valence-electron chi connectivity index (χ2n) is 4.60. The van der Waals surface area contributed by atoms with Crippen molar-refractivity contribution in [1.29, 1.82) is 0 Å². The largest absolute Gasteiger partial charge is 0.495 e. The van der Waals surface area contributed by atoms with Gasteiger partial charge in [-0.3, -0.25) is 0 Å². The molecule has 3 N–H and O–H groups in total. The molecule has 2 rings (SSSR count). The molecule has 17 heavy (non-hydrogen) atoms. The van der Waals surface area contributed by atoms with Crippen molar-refractivity contribution in [3.05, 3.63) is 28.8 Å². The fourth-order valence-corrected chi connectivity index (χ4v) is 2.35. The van der Waals surface area contributed by atoms with Crippen LogP contribution in [0, 0.1) is 5.92 Å². The highest BCUT2D eigenvalue weighted by atomic mass is 35.5. The minimum atomic E-state index is -0.477. The van der Waals surface area contributed by atoms with Gasteiger partial charge in [-0.15, -0.1) is 0 Å². The van der Waals surface area contributed by atoms with E-state index >= 15 is 0 Å². The summed E-state index contributed by atoms with van der Waals surface area (Å²) < 4.78 is 5.15. The molecule has 0 spiro atoms. The lowest BCUT2D eigenvalue weighted by Crippen LogP contribution is -2.36. The lowest BCUT2D eigenvalue weighted by Gasteiger charge is -2.33. The van der Waals surface area contributed by atoms with Crippen LogP contribution in [-0.4, -0.2) is 18.3 Å². The van der Waals surface area contributed by atoms with Gasteiger partial charge in [-0.25, -0.2) is 0 Å². The summed E-state index contributed by atoms with van der Waals surface area (Å²) in [5, 5.41) is 10.7. The van der Waals surface area contributed by atoms with Gasteiger partial charge in [0.15, 0.2) is 0 Å². The van der Waals surface area contributed by atoms with E-state index in [0.29, 0.717) is 16.7 Å². The highest BCUT2D eigenvalue weighted by molar-refractivity contribution is 6.32. The summed E-state index contributed by atoms with van der Waals surface area (Å²) in [4.78, 5) is 0. The van der Waals surface area contributed by atoms with Crippen LogP contribution in [0.2, 0.25) is 5.02 Å². The van der Waals surface area contributed by atoms with Crippen LogP contribution in [0.4, 0.5) is 0 Å². The normalized spacial score (nSPS) is 19.5. The van der Waals surface area contributed by atoms with Crippen molar-refractivity contribution in [3.63, 3.8) is 0 Å². The van der Waals surface area contributed by atoms with E-state index in [1.807, 2.05) is 6.07 Å². The second-order valence-corrected chi connectivity index (χ2v) is 5.01. The van der Waals surface area contributed by atoms with Crippen molar-refractivity contribution in [2.45, 2.75) is 31.4 Å². The summed E-state index contributed by atoms with van der Waals surface area (Å²) in [7, 11) is 1.57. The third-order valence-electron chi connectivity index (χ3n) is 3.56. The lowest BCUT2D eigenvalue weighted by atomic mass is 9.77. The number of halogens is 1. The van der Waals surface area contributed by atoms with Gasteiger partial charge >= 0.3 is 0 Å². The lowest BCUT2D eigenvalue weighted by molar-refractivity contribution is 0.0413. The predicted molar refractivity (Wildman–Crippen MR) is 68.3 cm³/mol. The van der Waals surface area contributed by atoms with Crippen molar-refractivity contribution >= 4 is 11.6 Å². The minimum absolute atomic E-state index is 0.340. The van der Waals surface area contributed by atoms with Gasteiger partial charge in [0.25, 0.3) is 0 Å². The maximum atomic E-state index is 10.1. The van der Waals surface area contributed by atoms with Crippen LogP contribution < -0.4 is 10.5 Å². The van der Waals surface area contributed by atoms with Crippen molar-refractivity contribution in [2.24, 2.45) is 11.7 Å². The molecular formula is C13H18ClNO2. The van der Waals surface area contributed by atoms with Crippen LogP contribution in [0.1, 0.15) is 30.9 Å². The quantitative estimate of drug-likeness (QED) is 0.869. The first-order valence-electron chi connectivity index (χ1n) is 5.90. The van der Waals surface area contributed by atoms with E-state index < -0.39 is 6.10 Å². The standard InChI is InChI=1S/C13H18ClNO2/c1-17-11-7-9(5-6-10(11)14)12(15)13(16)8-3-2-4-8/h5-8,12-13,16H,2-4,15H2,1H3/t12-,13+/m0/s1. The Labute approximate surface area is 107 Å². The SMILES string of the molecule is COc1cc([C@H](N)[C@H](O)C2CCC2)ccc1Cl. The Morgan fingerprint density at radius 2 is 2.18 bits per heavy atom. The fraction of sp³-hybridized carbons (Fsp3) is 0.538. The van der Waals surface area contributed by atoms with E-state index in [2.05, 4.69) is 0 Å². The molecule has 0 aliphatic heterocycles. The van der Waals surface area contributed by atoms with Crippen molar-refractivity contribution < 1.29 is 9.84 Å². The first-order chi connectivity index (χ1) is 8.13. The fourth-order valence-electron chi connectivity index (χ4n) is 2.16. The van der Waals surface area contributed by atoms with Gasteiger partial charge < -0.3 is 15.6 Å². The van der Waals surface area contributed by atoms with Crippen LogP contribution in [0.3, 0.4) is 0 Å². The molecule has 1 aliphatic carbocycles. The molecule has 0 saturated heterocycles. The smallest absolute Gasteiger partial charge is 0.137 e. The van der Waals surface area contributed by atoms with E-state index in [1.54, 1.807) is 19.2 Å². The Kier molecular flexibility index (Phi) is 3.92. The van der Waals surface area contributed by atoms with Gasteiger partial charge in [0.2, 0.25) is 0 Å². The monoisotopic (exact) mass is 255 g/mol. The summed E-state index contributed by atoms with van der Waals surface area (Å²) in [6, 6.07) is 5.03. The number of rotatable bonds is 4. The van der Waals surface area contributed by atoms with Gasteiger partial charge in [0.05, 0.1) is 24.3 Å². The van der Waals surface area contributed by atoms with Crippen LogP contribution >= 0.6 is 11.6 Å². The number of benzene rings is 1. The van der Waals surface area contributed by atoms with Crippen molar-refractivity contribution in [1.82, 2.24) is 0 Å². The highest BCUT2D eigenvalue weighted by Crippen LogP contribution is 2.35. The highest BCUT2D eigenvalue weighted by Gasteiger charge is 2.30. The molecule has 0 bridgehead atoms. The maximum Gasteiger partial charge on any atom is 0.137 e. The van der Waals surface area contributed by atoms with E-state index in [-0.39, 0.29) is 6.04 Å². The second kappa shape index (κ2) is 5.25. The summed E-state index contributed by atoms with van der Waals surface area (Å²) in [6.07, 6.45) is 2.85. The third kappa shape index (κ3) is 2.57. The molecule has 0 radical (unpaired) electrons. The van der Waals surface area contributed by atoms with E-state index in [1.165, 1.54) is 6.42 Å². The van der Waals surface area contributed by atoms with Gasteiger partial charge in [-0.05, 0) is 36.5 Å². The summed E-state index contributed by atoms with van der Waals surface area (Å²) in [6.45, 7) is 0. The number of aliphatic hydroxyl groups excluding tert-OH is 1. The van der Waals surface area contributed by atoms with Crippen LogP contribution in [-0.2, 0) is 0 Å². The Bertz CT molecular complexity index is 393. The molecule has 3 nitrogen and oxygen atoms in total. The topological polar surface area (TPSA) is 55.5 Å². The van der Waals surface area contributed by atoms with Gasteiger partial charge in [-0.2, -0.15) is 0 Å². The number of methoxy groups -OCH3 is 1. The molecule has 1 fully saturated rings. The van der Waals surface area contributed by atoms with E-state index in [9.17, 15) is 5.11 Å². The van der Waals surface area contributed by atoms with Gasteiger partial charge in [-0.1, -0.05) is 24.1 Å². The van der Waals surface area contributed by atoms with Crippen molar-refractivity contribution in [3.8, 4) is 5.75 Å². The van der Waals surface area contributed by atoms with E-state index in [4.69, 9.17) is 22.1 Å². The zero-order chi connectivity index (χ0) is 12.4. The Balaban J connectivity index is 2.15. The first kappa shape index (κ1) is 12.7. The summed E-state index contributed by atoms with van der Waals surface area (Å²) >= 11 is 5.95. The number of hydrogen-bond acceptors (Lipinski definition) is 3. The van der Waals surface area contributed by atoms with Crippen LogP contribution in [0.5, 0.6) is 5.75 Å². The Hall–Kier alpha value is -0.770.